The SMILES string of the molecule is C.C.C=C(OCC(C)(COC(=C)C(C)(COC(C)(C)C)COC(C)(C)C)C(=O)OC(C)(C)C)C(C)(COC(C)(C)C)COC(C)(C)C.CC(C)(C)OC(=O)CN(CCN(CC(=O)OC(C)(C)C)CC(=O)OC(C)(C)C)CCN(CC(=O)OC(C)(C)C)CC(=O)C(C)(C)C. The van der Waals surface area contributed by atoms with E-state index in [0.717, 1.165) is 0 Å². The average Bonchev–Trinajstić information content (AvgIpc) is 0.823. The van der Waals surface area contributed by atoms with Crippen LogP contribution >= 0.6 is 0 Å². The summed E-state index contributed by atoms with van der Waals surface area (Å²) in [5, 5.41) is 0. The minimum Gasteiger partial charge on any atom is -0.496 e. The quantitative estimate of drug-likeness (QED) is 0.0339. The molecule has 0 atom stereocenters. The highest BCUT2D eigenvalue weighted by Gasteiger charge is 2.44. The van der Waals surface area contributed by atoms with Crippen LogP contribution in [0.15, 0.2) is 24.7 Å². The number of esters is 5. The van der Waals surface area contributed by atoms with Crippen LogP contribution < -0.4 is 0 Å². The van der Waals surface area contributed by atoms with Crippen LogP contribution in [0.2, 0.25) is 0 Å². The molecule has 0 aromatic heterocycles. The normalized spacial score (nSPS) is 13.4. The van der Waals surface area contributed by atoms with Gasteiger partial charge in [0, 0.05) is 31.6 Å². The molecule has 0 saturated carbocycles. The minimum atomic E-state index is -1.20. The third kappa shape index (κ3) is 49.1. The van der Waals surface area contributed by atoms with Crippen molar-refractivity contribution in [2.75, 3.05) is 98.5 Å². The fourth-order valence-corrected chi connectivity index (χ4v) is 7.24. The predicted molar refractivity (Wildman–Crippen MR) is 374 cm³/mol. The van der Waals surface area contributed by atoms with Gasteiger partial charge >= 0.3 is 29.8 Å². The second-order valence-electron chi connectivity index (χ2n) is 34.9. The lowest BCUT2D eigenvalue weighted by Gasteiger charge is -2.39. The summed E-state index contributed by atoms with van der Waals surface area (Å²) < 4.78 is 65.2. The van der Waals surface area contributed by atoms with Gasteiger partial charge < -0.3 is 52.1 Å². The van der Waals surface area contributed by atoms with Crippen molar-refractivity contribution in [1.82, 2.24) is 14.7 Å². The molecule has 20 nitrogen and oxygen atoms in total. The van der Waals surface area contributed by atoms with E-state index >= 15 is 0 Å². The molecule has 0 fully saturated rings. The number of hydrogen-bond donors (Lipinski definition) is 0. The first-order valence-corrected chi connectivity index (χ1v) is 32.2. The summed E-state index contributed by atoms with van der Waals surface area (Å²) in [4.78, 5) is 82.9. The summed E-state index contributed by atoms with van der Waals surface area (Å²) in [5.74, 6) is -1.52. The van der Waals surface area contributed by atoms with Crippen LogP contribution in [0.5, 0.6) is 0 Å². The van der Waals surface area contributed by atoms with Crippen molar-refractivity contribution in [3.05, 3.63) is 24.7 Å². The van der Waals surface area contributed by atoms with E-state index in [2.05, 4.69) is 13.2 Å². The summed E-state index contributed by atoms with van der Waals surface area (Å²) in [6.07, 6.45) is 0. The van der Waals surface area contributed by atoms with Crippen molar-refractivity contribution in [3.63, 3.8) is 0 Å². The largest absolute Gasteiger partial charge is 0.496 e. The highest BCUT2D eigenvalue weighted by molar-refractivity contribution is 5.86. The summed E-state index contributed by atoms with van der Waals surface area (Å²) in [5.41, 5.74) is -8.21. The topological polar surface area (TPSA) is 214 Å². The van der Waals surface area contributed by atoms with E-state index in [4.69, 9.17) is 52.1 Å². The zero-order valence-corrected chi connectivity index (χ0v) is 63.8. The van der Waals surface area contributed by atoms with Crippen molar-refractivity contribution in [1.29, 1.82) is 0 Å². The van der Waals surface area contributed by atoms with E-state index in [-0.39, 0.29) is 115 Å². The monoisotopic (exact) mass is 1330 g/mol. The molecule has 0 radical (unpaired) electrons. The third-order valence-corrected chi connectivity index (χ3v) is 12.4. The van der Waals surface area contributed by atoms with Crippen LogP contribution in [-0.4, -0.2) is 199 Å². The van der Waals surface area contributed by atoms with Gasteiger partial charge in [0.25, 0.3) is 0 Å². The summed E-state index contributed by atoms with van der Waals surface area (Å²) in [7, 11) is 0. The van der Waals surface area contributed by atoms with Gasteiger partial charge in [0.15, 0.2) is 5.78 Å². The number of hydrogen-bond acceptors (Lipinski definition) is 20. The van der Waals surface area contributed by atoms with Crippen molar-refractivity contribution in [2.45, 2.75) is 294 Å². The number of carbonyl (C=O) groups excluding carboxylic acids is 6. The number of Topliss-reactive ketones (excluding diaryl/α,β-unsaturated/α-hetero) is 1. The van der Waals surface area contributed by atoms with E-state index < -0.39 is 79.5 Å². The molecule has 0 bridgehead atoms. The van der Waals surface area contributed by atoms with E-state index in [9.17, 15) is 28.8 Å². The highest BCUT2D eigenvalue weighted by atomic mass is 16.6. The van der Waals surface area contributed by atoms with Gasteiger partial charge in [-0.3, -0.25) is 43.5 Å². The maximum Gasteiger partial charge on any atom is 0.320 e. The first-order chi connectivity index (χ1) is 40.2. The highest BCUT2D eigenvalue weighted by Crippen LogP contribution is 2.37. The summed E-state index contributed by atoms with van der Waals surface area (Å²) >= 11 is 0. The van der Waals surface area contributed by atoms with E-state index in [1.54, 1.807) is 99.8 Å². The Morgan fingerprint density at radius 3 is 0.710 bits per heavy atom. The molecule has 93 heavy (non-hydrogen) atoms. The van der Waals surface area contributed by atoms with Gasteiger partial charge in [0.1, 0.15) is 46.6 Å². The molecular weight excluding hydrogens is 1190 g/mol. The molecule has 0 rings (SSSR count). The van der Waals surface area contributed by atoms with Gasteiger partial charge in [-0.2, -0.15) is 0 Å². The molecule has 550 valence electrons. The molecule has 0 aromatic carbocycles. The molecule has 0 spiro atoms. The average molecular weight is 1330 g/mol. The Morgan fingerprint density at radius 1 is 0.280 bits per heavy atom. The van der Waals surface area contributed by atoms with Gasteiger partial charge in [-0.15, -0.1) is 0 Å². The lowest BCUT2D eigenvalue weighted by atomic mass is 9.88. The standard InChI is InChI=1S/C37H70O8.C34H63N3O9.2CH4/c1-27(35(18,23-41-30(3,4)5)24-42-31(6,7)8)39-21-37(20,29(38)45-34(15,16)17)22-40-28(2)36(19,25-43-32(9,10)11)26-44-33(12,13)14;1-30(2,3)25(38)20-36(22-27(40)44-32(7,8)9)18-16-35(21-26(39)43-31(4,5)6)17-19-37(23-28(41)45-33(10,11)12)24-29(42)46-34(13,14)15;;/h1-2,21-26H2,3-20H3;16-24H2,1-15H3;2*1H4. The Balaban J connectivity index is -0.000000834. The van der Waals surface area contributed by atoms with Crippen LogP contribution in [0.25, 0.3) is 0 Å². The Hall–Kier alpha value is -4.18. The first kappa shape index (κ1) is 95.2. The lowest BCUT2D eigenvalue weighted by molar-refractivity contribution is -0.175. The van der Waals surface area contributed by atoms with E-state index in [1.807, 2.05) is 143 Å². The number of rotatable bonds is 33. The molecule has 0 aromatic rings. The number of ether oxygens (including phenoxy) is 11. The molecule has 0 N–H and O–H groups in total. The molecule has 0 amide bonds. The Kier molecular flexibility index (Phi) is 38.4. The summed E-state index contributed by atoms with van der Waals surface area (Å²) in [6, 6.07) is 0. The number of carbonyl (C=O) groups is 6. The molecule has 0 saturated heterocycles. The smallest absolute Gasteiger partial charge is 0.320 e. The number of nitrogens with zero attached hydrogens (tertiary/aromatic N) is 3. The zero-order chi connectivity index (χ0) is 72.2. The summed E-state index contributed by atoms with van der Waals surface area (Å²) in [6.45, 7) is 72.2. The molecule has 0 aliphatic carbocycles. The van der Waals surface area contributed by atoms with Crippen LogP contribution in [0.3, 0.4) is 0 Å². The first-order valence-electron chi connectivity index (χ1n) is 32.2. The molecular formula is C73H141N3O17. The zero-order valence-electron chi connectivity index (χ0n) is 63.8. The van der Waals surface area contributed by atoms with Gasteiger partial charge in [-0.25, -0.2) is 0 Å². The second-order valence-corrected chi connectivity index (χ2v) is 34.9. The predicted octanol–water partition coefficient (Wildman–Crippen LogP) is 13.8. The van der Waals surface area contributed by atoms with Crippen LogP contribution in [-0.2, 0) is 80.9 Å². The van der Waals surface area contributed by atoms with E-state index in [0.29, 0.717) is 37.9 Å². The van der Waals surface area contributed by atoms with Crippen molar-refractivity contribution < 1.29 is 80.9 Å². The maximum atomic E-state index is 13.7. The van der Waals surface area contributed by atoms with E-state index in [1.165, 1.54) is 0 Å². The van der Waals surface area contributed by atoms with Crippen molar-refractivity contribution in [2.24, 2.45) is 21.7 Å². The van der Waals surface area contributed by atoms with Gasteiger partial charge in [-0.05, 0) is 208 Å². The fraction of sp³-hybridized carbons (Fsp3) is 0.863. The molecule has 0 aliphatic rings. The van der Waals surface area contributed by atoms with Gasteiger partial charge in [0.2, 0.25) is 0 Å². The van der Waals surface area contributed by atoms with Gasteiger partial charge in [-0.1, -0.05) is 48.8 Å². The molecule has 0 unspecified atom stereocenters. The molecule has 0 aliphatic heterocycles. The number of ketones is 1. The van der Waals surface area contributed by atoms with Crippen molar-refractivity contribution >= 4 is 35.6 Å². The Morgan fingerprint density at radius 2 is 0.495 bits per heavy atom. The van der Waals surface area contributed by atoms with Crippen LogP contribution in [0, 0.1) is 21.7 Å². The maximum absolute atomic E-state index is 13.7. The minimum absolute atomic E-state index is 0. The van der Waals surface area contributed by atoms with Crippen molar-refractivity contribution in [3.8, 4) is 0 Å². The molecule has 0 heterocycles. The molecule has 20 heteroatoms. The Labute approximate surface area is 567 Å². The second kappa shape index (κ2) is 37.5. The van der Waals surface area contributed by atoms with Gasteiger partial charge in [0.05, 0.1) is 104 Å². The Bertz CT molecular complexity index is 2180. The lowest BCUT2D eigenvalue weighted by Crippen LogP contribution is -2.48. The van der Waals surface area contributed by atoms with Crippen LogP contribution in [0.1, 0.15) is 243 Å². The fourth-order valence-electron chi connectivity index (χ4n) is 7.24. The van der Waals surface area contributed by atoms with Crippen LogP contribution in [0.4, 0.5) is 0 Å². The third-order valence-electron chi connectivity index (χ3n) is 12.4.